The third-order valence-electron chi connectivity index (χ3n) is 6.56. The quantitative estimate of drug-likeness (QED) is 0.550. The molecule has 33 heavy (non-hydrogen) atoms. The van der Waals surface area contributed by atoms with Crippen molar-refractivity contribution >= 4 is 23.2 Å². The Morgan fingerprint density at radius 3 is 2.76 bits per heavy atom. The van der Waals surface area contributed by atoms with Crippen LogP contribution in [0.4, 0.5) is 4.39 Å². The fourth-order valence-electron chi connectivity index (χ4n) is 4.76. The summed E-state index contributed by atoms with van der Waals surface area (Å²) in [6, 6.07) is 7.98. The van der Waals surface area contributed by atoms with Crippen molar-refractivity contribution in [2.24, 2.45) is 5.92 Å². The predicted octanol–water partition coefficient (Wildman–Crippen LogP) is 4.06. The molecule has 1 aliphatic heterocycles. The SMILES string of the molecule is COCCN(CC(=O)N1CCc2sccc2[C@H]1COc1ccccc1F)C(=O)C1CCCC1. The average Bonchev–Trinajstić information content (AvgIpc) is 3.52. The Balaban J connectivity index is 1.49. The minimum absolute atomic E-state index is 0.000301. The number of hydrogen-bond acceptors (Lipinski definition) is 5. The Labute approximate surface area is 198 Å². The summed E-state index contributed by atoms with van der Waals surface area (Å²) in [6.07, 6.45) is 4.66. The highest BCUT2D eigenvalue weighted by Gasteiger charge is 2.35. The third-order valence-corrected chi connectivity index (χ3v) is 7.55. The van der Waals surface area contributed by atoms with Crippen molar-refractivity contribution in [2.45, 2.75) is 38.1 Å². The number of para-hydroxylation sites is 1. The van der Waals surface area contributed by atoms with Gasteiger partial charge in [0.25, 0.3) is 0 Å². The van der Waals surface area contributed by atoms with E-state index in [9.17, 15) is 14.0 Å². The van der Waals surface area contributed by atoms with Crippen LogP contribution in [-0.2, 0) is 20.7 Å². The second-order valence-corrected chi connectivity index (χ2v) is 9.63. The number of benzene rings is 1. The van der Waals surface area contributed by atoms with E-state index < -0.39 is 5.82 Å². The van der Waals surface area contributed by atoms with Crippen LogP contribution in [0.25, 0.3) is 0 Å². The molecule has 1 aliphatic carbocycles. The van der Waals surface area contributed by atoms with Gasteiger partial charge < -0.3 is 19.3 Å². The van der Waals surface area contributed by atoms with E-state index in [4.69, 9.17) is 9.47 Å². The first kappa shape index (κ1) is 23.7. The number of hydrogen-bond donors (Lipinski definition) is 0. The average molecular weight is 475 g/mol. The third kappa shape index (κ3) is 5.55. The number of carbonyl (C=O) groups excluding carboxylic acids is 2. The summed E-state index contributed by atoms with van der Waals surface area (Å²) in [7, 11) is 1.60. The van der Waals surface area contributed by atoms with Crippen molar-refractivity contribution in [1.29, 1.82) is 0 Å². The molecule has 0 saturated heterocycles. The van der Waals surface area contributed by atoms with Gasteiger partial charge in [-0.2, -0.15) is 0 Å². The number of ether oxygens (including phenoxy) is 2. The first-order chi connectivity index (χ1) is 16.1. The van der Waals surface area contributed by atoms with E-state index in [1.165, 1.54) is 10.9 Å². The maximum Gasteiger partial charge on any atom is 0.242 e. The van der Waals surface area contributed by atoms with Gasteiger partial charge in [0.2, 0.25) is 11.8 Å². The number of fused-ring (bicyclic) bond motifs is 1. The highest BCUT2D eigenvalue weighted by molar-refractivity contribution is 7.10. The van der Waals surface area contributed by atoms with Crippen LogP contribution < -0.4 is 4.74 Å². The van der Waals surface area contributed by atoms with Crippen LogP contribution in [0.5, 0.6) is 5.75 Å². The highest BCUT2D eigenvalue weighted by Crippen LogP contribution is 2.34. The summed E-state index contributed by atoms with van der Waals surface area (Å²) in [5.41, 5.74) is 1.04. The summed E-state index contributed by atoms with van der Waals surface area (Å²) < 4.78 is 25.1. The van der Waals surface area contributed by atoms with E-state index in [2.05, 4.69) is 0 Å². The molecule has 8 heteroatoms. The normalized spacial score (nSPS) is 18.2. The van der Waals surface area contributed by atoms with Gasteiger partial charge in [0.15, 0.2) is 11.6 Å². The Hall–Kier alpha value is -2.45. The zero-order valence-corrected chi connectivity index (χ0v) is 19.8. The number of amides is 2. The largest absolute Gasteiger partial charge is 0.488 e. The van der Waals surface area contributed by atoms with Crippen LogP contribution >= 0.6 is 11.3 Å². The van der Waals surface area contributed by atoms with Gasteiger partial charge in [0, 0.05) is 31.0 Å². The van der Waals surface area contributed by atoms with Crippen molar-refractivity contribution < 1.29 is 23.5 Å². The number of methoxy groups -OCH3 is 1. The van der Waals surface area contributed by atoms with E-state index in [1.807, 2.05) is 11.4 Å². The Kier molecular flexibility index (Phi) is 7.98. The van der Waals surface area contributed by atoms with Gasteiger partial charge in [-0.1, -0.05) is 25.0 Å². The molecule has 1 atom stereocenters. The van der Waals surface area contributed by atoms with Gasteiger partial charge in [-0.25, -0.2) is 4.39 Å². The van der Waals surface area contributed by atoms with Crippen LogP contribution in [0.3, 0.4) is 0 Å². The summed E-state index contributed by atoms with van der Waals surface area (Å²) >= 11 is 1.67. The molecular formula is C25H31FN2O4S. The van der Waals surface area contributed by atoms with Gasteiger partial charge in [0.05, 0.1) is 19.2 Å². The van der Waals surface area contributed by atoms with Crippen LogP contribution in [0.2, 0.25) is 0 Å². The molecule has 0 bridgehead atoms. The molecule has 2 heterocycles. The Morgan fingerprint density at radius 1 is 1.21 bits per heavy atom. The summed E-state index contributed by atoms with van der Waals surface area (Å²) in [5, 5.41) is 2.02. The first-order valence-electron chi connectivity index (χ1n) is 11.6. The van der Waals surface area contributed by atoms with Crippen LogP contribution in [-0.4, -0.2) is 61.6 Å². The van der Waals surface area contributed by atoms with Crippen molar-refractivity contribution in [3.8, 4) is 5.75 Å². The number of carbonyl (C=O) groups is 2. The van der Waals surface area contributed by atoms with Crippen molar-refractivity contribution in [3.05, 3.63) is 52.0 Å². The zero-order chi connectivity index (χ0) is 23.2. The molecule has 4 rings (SSSR count). The highest BCUT2D eigenvalue weighted by atomic mass is 32.1. The van der Waals surface area contributed by atoms with Crippen molar-refractivity contribution in [1.82, 2.24) is 9.80 Å². The van der Waals surface area contributed by atoms with E-state index in [0.717, 1.165) is 37.7 Å². The maximum absolute atomic E-state index is 14.1. The fourth-order valence-corrected chi connectivity index (χ4v) is 5.69. The van der Waals surface area contributed by atoms with Gasteiger partial charge in [0.1, 0.15) is 6.61 Å². The number of halogens is 1. The summed E-state index contributed by atoms with van der Waals surface area (Å²) in [5.74, 6) is -0.323. The topological polar surface area (TPSA) is 59.1 Å². The molecule has 2 aromatic rings. The molecule has 2 aliphatic rings. The molecule has 1 aromatic carbocycles. The summed E-state index contributed by atoms with van der Waals surface area (Å²) in [6.45, 7) is 1.51. The molecule has 2 amide bonds. The lowest BCUT2D eigenvalue weighted by Crippen LogP contribution is -2.49. The monoisotopic (exact) mass is 474 g/mol. The van der Waals surface area contributed by atoms with Gasteiger partial charge in [-0.15, -0.1) is 11.3 Å². The van der Waals surface area contributed by atoms with E-state index in [1.54, 1.807) is 46.4 Å². The lowest BCUT2D eigenvalue weighted by atomic mass is 10.00. The van der Waals surface area contributed by atoms with Gasteiger partial charge in [-0.05, 0) is 48.4 Å². The van der Waals surface area contributed by atoms with Crippen LogP contribution in [0, 0.1) is 11.7 Å². The maximum atomic E-state index is 14.1. The lowest BCUT2D eigenvalue weighted by Gasteiger charge is -2.37. The molecule has 0 N–H and O–H groups in total. The standard InChI is InChI=1S/C25H31FN2O4S/c1-31-14-13-27(25(30)18-6-2-3-7-18)16-24(29)28-12-10-23-19(11-15-33-23)21(28)17-32-22-9-5-4-8-20(22)26/h4-5,8-9,11,15,18,21H,2-3,6-7,10,12-14,16-17H2,1H3/t21-/m1/s1. The smallest absolute Gasteiger partial charge is 0.242 e. The molecule has 1 saturated carbocycles. The minimum Gasteiger partial charge on any atom is -0.488 e. The molecule has 178 valence electrons. The Morgan fingerprint density at radius 2 is 2.00 bits per heavy atom. The molecule has 0 unspecified atom stereocenters. The lowest BCUT2D eigenvalue weighted by molar-refractivity contribution is -0.145. The first-order valence-corrected chi connectivity index (χ1v) is 12.5. The molecule has 6 nitrogen and oxygen atoms in total. The molecular weight excluding hydrogens is 443 g/mol. The second-order valence-electron chi connectivity index (χ2n) is 8.63. The van der Waals surface area contributed by atoms with Crippen molar-refractivity contribution in [2.75, 3.05) is 40.0 Å². The number of nitrogens with zero attached hydrogens (tertiary/aromatic N) is 2. The minimum atomic E-state index is -0.426. The van der Waals surface area contributed by atoms with Crippen LogP contribution in [0.15, 0.2) is 35.7 Å². The van der Waals surface area contributed by atoms with Gasteiger partial charge >= 0.3 is 0 Å². The summed E-state index contributed by atoms with van der Waals surface area (Å²) in [4.78, 5) is 31.2. The molecule has 0 radical (unpaired) electrons. The van der Waals surface area contributed by atoms with E-state index in [0.29, 0.717) is 19.7 Å². The van der Waals surface area contributed by atoms with E-state index in [-0.39, 0.29) is 42.7 Å². The molecule has 0 spiro atoms. The van der Waals surface area contributed by atoms with E-state index >= 15 is 0 Å². The molecule has 1 aromatic heterocycles. The van der Waals surface area contributed by atoms with Crippen LogP contribution in [0.1, 0.15) is 42.2 Å². The fraction of sp³-hybridized carbons (Fsp3) is 0.520. The van der Waals surface area contributed by atoms with Crippen molar-refractivity contribution in [3.63, 3.8) is 0 Å². The molecule has 1 fully saturated rings. The number of rotatable bonds is 9. The zero-order valence-electron chi connectivity index (χ0n) is 19.0. The van der Waals surface area contributed by atoms with Gasteiger partial charge in [-0.3, -0.25) is 9.59 Å². The second kappa shape index (κ2) is 11.1. The number of thiophene rings is 1. The Bertz CT molecular complexity index is 959. The predicted molar refractivity (Wildman–Crippen MR) is 125 cm³/mol.